The highest BCUT2D eigenvalue weighted by atomic mass is 79.9. The third kappa shape index (κ3) is 2.82. The molecule has 0 saturated carbocycles. The molecule has 0 radical (unpaired) electrons. The second kappa shape index (κ2) is 5.56. The number of nitrogen functional groups attached to an aromatic ring is 1. The first-order valence-electron chi connectivity index (χ1n) is 5.05. The van der Waals surface area contributed by atoms with Gasteiger partial charge in [-0.2, -0.15) is 0 Å². The smallest absolute Gasteiger partial charge is 0.260 e. The monoisotopic (exact) mass is 307 g/mol. The summed E-state index contributed by atoms with van der Waals surface area (Å²) in [7, 11) is 0. The lowest BCUT2D eigenvalue weighted by molar-refractivity contribution is 0.102. The number of hydrazine groups is 1. The fraction of sp³-hybridized carbons (Fsp3) is 0. The molecule has 2 aromatic heterocycles. The summed E-state index contributed by atoms with van der Waals surface area (Å²) in [6.45, 7) is 0. The number of hydrogen-bond donors (Lipinski definition) is 3. The molecule has 0 spiro atoms. The zero-order valence-corrected chi connectivity index (χ0v) is 10.8. The van der Waals surface area contributed by atoms with Crippen LogP contribution in [-0.2, 0) is 0 Å². The quantitative estimate of drug-likeness (QED) is 0.593. The second-order valence-electron chi connectivity index (χ2n) is 3.36. The number of carbonyl (C=O) groups excluding carboxylic acids is 1. The van der Waals surface area contributed by atoms with Crippen LogP contribution in [0.25, 0.3) is 0 Å². The Morgan fingerprint density at radius 1 is 1.33 bits per heavy atom. The Balaban J connectivity index is 2.26. The van der Waals surface area contributed by atoms with E-state index in [1.807, 2.05) is 0 Å². The second-order valence-corrected chi connectivity index (χ2v) is 4.28. The molecule has 0 aliphatic rings. The minimum atomic E-state index is -0.338. The Hall–Kier alpha value is -1.99. The topological polar surface area (TPSA) is 92.9 Å². The van der Waals surface area contributed by atoms with E-state index in [1.54, 1.807) is 36.7 Å². The SMILES string of the molecule is NNc1ncc(Br)cc1C(=O)Nc1ccccn1. The summed E-state index contributed by atoms with van der Waals surface area (Å²) in [4.78, 5) is 20.0. The molecule has 92 valence electrons. The molecule has 7 heteroatoms. The van der Waals surface area contributed by atoms with E-state index in [-0.39, 0.29) is 5.91 Å². The van der Waals surface area contributed by atoms with Crippen LogP contribution >= 0.6 is 15.9 Å². The van der Waals surface area contributed by atoms with Crippen LogP contribution in [0.4, 0.5) is 11.6 Å². The van der Waals surface area contributed by atoms with E-state index in [4.69, 9.17) is 5.84 Å². The Bertz CT molecular complexity index is 561. The minimum Gasteiger partial charge on any atom is -0.308 e. The van der Waals surface area contributed by atoms with Crippen molar-refractivity contribution < 1.29 is 4.79 Å². The number of anilines is 2. The third-order valence-electron chi connectivity index (χ3n) is 2.14. The van der Waals surface area contributed by atoms with Gasteiger partial charge in [0.15, 0.2) is 5.82 Å². The fourth-order valence-electron chi connectivity index (χ4n) is 1.35. The van der Waals surface area contributed by atoms with Gasteiger partial charge in [-0.05, 0) is 34.1 Å². The highest BCUT2D eigenvalue weighted by molar-refractivity contribution is 9.10. The highest BCUT2D eigenvalue weighted by Gasteiger charge is 2.13. The molecule has 0 saturated heterocycles. The molecule has 0 atom stereocenters. The molecule has 2 heterocycles. The van der Waals surface area contributed by atoms with Gasteiger partial charge >= 0.3 is 0 Å². The van der Waals surface area contributed by atoms with Gasteiger partial charge in [0.25, 0.3) is 5.91 Å². The maximum absolute atomic E-state index is 12.0. The van der Waals surface area contributed by atoms with Crippen LogP contribution in [0.2, 0.25) is 0 Å². The molecule has 0 aliphatic heterocycles. The number of amides is 1. The van der Waals surface area contributed by atoms with Crippen molar-refractivity contribution in [2.24, 2.45) is 5.84 Å². The lowest BCUT2D eigenvalue weighted by Crippen LogP contribution is -2.18. The molecule has 0 unspecified atom stereocenters. The summed E-state index contributed by atoms with van der Waals surface area (Å²) in [5.74, 6) is 5.73. The van der Waals surface area contributed by atoms with Gasteiger partial charge < -0.3 is 10.7 Å². The zero-order chi connectivity index (χ0) is 13.0. The molecule has 0 aromatic carbocycles. The van der Waals surface area contributed by atoms with Crippen LogP contribution in [0.3, 0.4) is 0 Å². The summed E-state index contributed by atoms with van der Waals surface area (Å²) in [6.07, 6.45) is 3.14. The normalized spacial score (nSPS) is 9.89. The van der Waals surface area contributed by atoms with Crippen molar-refractivity contribution in [2.75, 3.05) is 10.7 Å². The number of aromatic nitrogens is 2. The molecule has 1 amide bonds. The van der Waals surface area contributed by atoms with Gasteiger partial charge in [-0.25, -0.2) is 15.8 Å². The van der Waals surface area contributed by atoms with Crippen molar-refractivity contribution in [3.63, 3.8) is 0 Å². The first kappa shape index (κ1) is 12.5. The van der Waals surface area contributed by atoms with Crippen LogP contribution in [0.5, 0.6) is 0 Å². The molecule has 0 aliphatic carbocycles. The standard InChI is InChI=1S/C11H10BrN5O/c12-7-5-8(10(17-13)15-6-7)11(18)16-9-3-1-2-4-14-9/h1-6H,13H2,(H,15,17)(H,14,16,18). The molecule has 2 aromatic rings. The summed E-state index contributed by atoms with van der Waals surface area (Å²) in [6, 6.07) is 6.87. The largest absolute Gasteiger partial charge is 0.308 e. The minimum absolute atomic E-state index is 0.298. The van der Waals surface area contributed by atoms with Gasteiger partial charge in [0, 0.05) is 16.9 Å². The van der Waals surface area contributed by atoms with Gasteiger partial charge in [-0.3, -0.25) is 4.79 Å². The maximum atomic E-state index is 12.0. The van der Waals surface area contributed by atoms with Gasteiger partial charge in [0.1, 0.15) is 5.82 Å². The summed E-state index contributed by atoms with van der Waals surface area (Å²) < 4.78 is 0.688. The summed E-state index contributed by atoms with van der Waals surface area (Å²) >= 11 is 3.25. The van der Waals surface area contributed by atoms with E-state index in [0.717, 1.165) is 0 Å². The fourth-order valence-corrected chi connectivity index (χ4v) is 1.68. The third-order valence-corrected chi connectivity index (χ3v) is 2.58. The number of carbonyl (C=O) groups is 1. The maximum Gasteiger partial charge on any atom is 0.260 e. The van der Waals surface area contributed by atoms with E-state index in [0.29, 0.717) is 21.7 Å². The highest BCUT2D eigenvalue weighted by Crippen LogP contribution is 2.18. The molecule has 6 nitrogen and oxygen atoms in total. The summed E-state index contributed by atoms with van der Waals surface area (Å²) in [5.41, 5.74) is 2.71. The van der Waals surface area contributed by atoms with Crippen molar-refractivity contribution in [1.82, 2.24) is 9.97 Å². The van der Waals surface area contributed by atoms with E-state index >= 15 is 0 Å². The van der Waals surface area contributed by atoms with Crippen LogP contribution in [0.15, 0.2) is 41.1 Å². The lowest BCUT2D eigenvalue weighted by atomic mass is 10.2. The number of rotatable bonds is 3. The summed E-state index contributed by atoms with van der Waals surface area (Å²) in [5, 5.41) is 2.65. The molecule has 4 N–H and O–H groups in total. The first-order valence-corrected chi connectivity index (χ1v) is 5.84. The van der Waals surface area contributed by atoms with E-state index in [9.17, 15) is 4.79 Å². The number of nitrogens with one attached hydrogen (secondary N) is 2. The molecule has 0 bridgehead atoms. The Morgan fingerprint density at radius 3 is 2.83 bits per heavy atom. The Morgan fingerprint density at radius 2 is 2.17 bits per heavy atom. The zero-order valence-electron chi connectivity index (χ0n) is 9.22. The van der Waals surface area contributed by atoms with E-state index in [2.05, 4.69) is 36.6 Å². The average molecular weight is 308 g/mol. The van der Waals surface area contributed by atoms with Crippen LogP contribution in [0, 0.1) is 0 Å². The van der Waals surface area contributed by atoms with Crippen molar-refractivity contribution in [2.45, 2.75) is 0 Å². The van der Waals surface area contributed by atoms with Crippen molar-refractivity contribution in [3.8, 4) is 0 Å². The van der Waals surface area contributed by atoms with E-state index < -0.39 is 0 Å². The number of hydrogen-bond acceptors (Lipinski definition) is 5. The average Bonchev–Trinajstić information content (AvgIpc) is 2.40. The molecular weight excluding hydrogens is 298 g/mol. The molecule has 2 rings (SSSR count). The predicted octanol–water partition coefficient (Wildman–Crippen LogP) is 1.78. The predicted molar refractivity (Wildman–Crippen MR) is 71.9 cm³/mol. The number of nitrogens with zero attached hydrogens (tertiary/aromatic N) is 2. The molecular formula is C11H10BrN5O. The van der Waals surface area contributed by atoms with Crippen molar-refractivity contribution in [1.29, 1.82) is 0 Å². The van der Waals surface area contributed by atoms with Gasteiger partial charge in [-0.15, -0.1) is 0 Å². The van der Waals surface area contributed by atoms with Crippen LogP contribution in [0.1, 0.15) is 10.4 Å². The van der Waals surface area contributed by atoms with Gasteiger partial charge in [-0.1, -0.05) is 6.07 Å². The van der Waals surface area contributed by atoms with Gasteiger partial charge in [0.05, 0.1) is 5.56 Å². The Kier molecular flexibility index (Phi) is 3.85. The van der Waals surface area contributed by atoms with Crippen molar-refractivity contribution >= 4 is 33.5 Å². The van der Waals surface area contributed by atoms with Crippen LogP contribution < -0.4 is 16.6 Å². The molecule has 0 fully saturated rings. The lowest BCUT2D eigenvalue weighted by Gasteiger charge is -2.08. The van der Waals surface area contributed by atoms with Crippen LogP contribution in [-0.4, -0.2) is 15.9 Å². The first-order chi connectivity index (χ1) is 8.70. The van der Waals surface area contributed by atoms with E-state index in [1.165, 1.54) is 0 Å². The molecule has 18 heavy (non-hydrogen) atoms. The van der Waals surface area contributed by atoms with Gasteiger partial charge in [0.2, 0.25) is 0 Å². The number of pyridine rings is 2. The number of halogens is 1. The Labute approximate surface area is 112 Å². The number of nitrogens with two attached hydrogens (primary N) is 1. The van der Waals surface area contributed by atoms with Crippen molar-refractivity contribution in [3.05, 3.63) is 46.7 Å².